The number of pyridine rings is 1. The summed E-state index contributed by atoms with van der Waals surface area (Å²) >= 11 is 0. The van der Waals surface area contributed by atoms with E-state index >= 15 is 0 Å². The highest BCUT2D eigenvalue weighted by molar-refractivity contribution is 5.79. The Balaban J connectivity index is 1.51. The molecule has 0 aromatic carbocycles. The highest BCUT2D eigenvalue weighted by atomic mass is 16.5. The van der Waals surface area contributed by atoms with Gasteiger partial charge in [-0.05, 0) is 25.0 Å². The fraction of sp³-hybridized carbons (Fsp3) is 0.562. The summed E-state index contributed by atoms with van der Waals surface area (Å²) in [6.07, 6.45) is 3.92. The van der Waals surface area contributed by atoms with Gasteiger partial charge in [-0.2, -0.15) is 0 Å². The minimum Gasteiger partial charge on any atom is -0.378 e. The predicted octanol–water partition coefficient (Wildman–Crippen LogP) is 0.804. The molecule has 1 atom stereocenters. The lowest BCUT2D eigenvalue weighted by atomic mass is 9.96. The van der Waals surface area contributed by atoms with Gasteiger partial charge in [0.25, 0.3) is 0 Å². The van der Waals surface area contributed by atoms with Crippen molar-refractivity contribution in [3.05, 3.63) is 24.4 Å². The SMILES string of the molecule is O=C([C@@H]1CCCN(c2nnc3ccccn23)C1)N1CCOCC1. The summed E-state index contributed by atoms with van der Waals surface area (Å²) in [5.41, 5.74) is 0.837. The molecular weight excluding hydrogens is 294 g/mol. The van der Waals surface area contributed by atoms with Crippen molar-refractivity contribution in [2.75, 3.05) is 44.3 Å². The molecule has 0 unspecified atom stereocenters. The second-order valence-corrected chi connectivity index (χ2v) is 6.15. The van der Waals surface area contributed by atoms with E-state index in [1.54, 1.807) is 0 Å². The number of hydrogen-bond acceptors (Lipinski definition) is 5. The summed E-state index contributed by atoms with van der Waals surface area (Å²) < 4.78 is 7.33. The topological polar surface area (TPSA) is 63.0 Å². The van der Waals surface area contributed by atoms with Gasteiger partial charge in [-0.3, -0.25) is 9.20 Å². The fourth-order valence-corrected chi connectivity index (χ4v) is 3.45. The number of anilines is 1. The number of ether oxygens (including phenoxy) is 1. The second kappa shape index (κ2) is 6.16. The molecule has 4 rings (SSSR count). The monoisotopic (exact) mass is 315 g/mol. The van der Waals surface area contributed by atoms with Gasteiger partial charge in [-0.1, -0.05) is 6.07 Å². The molecule has 7 heteroatoms. The molecule has 4 heterocycles. The molecule has 0 aliphatic carbocycles. The first-order valence-corrected chi connectivity index (χ1v) is 8.24. The first kappa shape index (κ1) is 14.4. The Kier molecular flexibility index (Phi) is 3.87. The van der Waals surface area contributed by atoms with Gasteiger partial charge in [-0.25, -0.2) is 0 Å². The summed E-state index contributed by atoms with van der Waals surface area (Å²) in [6.45, 7) is 4.36. The van der Waals surface area contributed by atoms with Gasteiger partial charge >= 0.3 is 0 Å². The summed E-state index contributed by atoms with van der Waals surface area (Å²) in [5, 5.41) is 8.53. The van der Waals surface area contributed by atoms with E-state index in [-0.39, 0.29) is 11.8 Å². The highest BCUT2D eigenvalue weighted by Gasteiger charge is 2.31. The van der Waals surface area contributed by atoms with Gasteiger partial charge in [0.2, 0.25) is 11.9 Å². The molecule has 0 saturated carbocycles. The van der Waals surface area contributed by atoms with Crippen LogP contribution in [0.25, 0.3) is 5.65 Å². The van der Waals surface area contributed by atoms with Gasteiger partial charge < -0.3 is 14.5 Å². The average molecular weight is 315 g/mol. The first-order valence-electron chi connectivity index (χ1n) is 8.24. The van der Waals surface area contributed by atoms with Crippen LogP contribution in [0.2, 0.25) is 0 Å². The molecular formula is C16H21N5O2. The molecule has 0 spiro atoms. The summed E-state index contributed by atoms with van der Waals surface area (Å²) in [5.74, 6) is 1.13. The highest BCUT2D eigenvalue weighted by Crippen LogP contribution is 2.24. The maximum absolute atomic E-state index is 12.7. The Morgan fingerprint density at radius 1 is 1.17 bits per heavy atom. The van der Waals surface area contributed by atoms with Gasteiger partial charge in [0.1, 0.15) is 0 Å². The van der Waals surface area contributed by atoms with Gasteiger partial charge in [0, 0.05) is 32.4 Å². The lowest BCUT2D eigenvalue weighted by Gasteiger charge is -2.36. The lowest BCUT2D eigenvalue weighted by molar-refractivity contribution is -0.139. The zero-order valence-corrected chi connectivity index (χ0v) is 13.1. The third kappa shape index (κ3) is 2.76. The molecule has 23 heavy (non-hydrogen) atoms. The number of rotatable bonds is 2. The molecule has 2 saturated heterocycles. The summed E-state index contributed by atoms with van der Waals surface area (Å²) in [7, 11) is 0. The smallest absolute Gasteiger partial charge is 0.231 e. The van der Waals surface area contributed by atoms with Crippen LogP contribution in [-0.4, -0.2) is 64.8 Å². The van der Waals surface area contributed by atoms with Gasteiger partial charge in [-0.15, -0.1) is 10.2 Å². The van der Waals surface area contributed by atoms with E-state index in [4.69, 9.17) is 4.74 Å². The maximum atomic E-state index is 12.7. The van der Waals surface area contributed by atoms with E-state index in [0.29, 0.717) is 32.8 Å². The molecule has 0 bridgehead atoms. The van der Waals surface area contributed by atoms with Crippen molar-refractivity contribution >= 4 is 17.5 Å². The third-order valence-corrected chi connectivity index (χ3v) is 4.67. The molecule has 2 aliphatic rings. The summed E-state index contributed by atoms with van der Waals surface area (Å²) in [6, 6.07) is 5.87. The van der Waals surface area contributed by atoms with E-state index in [1.807, 2.05) is 33.7 Å². The largest absolute Gasteiger partial charge is 0.378 e. The van der Waals surface area contributed by atoms with Crippen LogP contribution in [0.15, 0.2) is 24.4 Å². The number of hydrogen-bond donors (Lipinski definition) is 0. The van der Waals surface area contributed by atoms with Crippen LogP contribution in [0.5, 0.6) is 0 Å². The minimum absolute atomic E-state index is 0.0397. The number of nitrogens with zero attached hydrogens (tertiary/aromatic N) is 5. The van der Waals surface area contributed by atoms with Crippen LogP contribution in [0, 0.1) is 5.92 Å². The van der Waals surface area contributed by atoms with E-state index in [0.717, 1.165) is 31.0 Å². The van der Waals surface area contributed by atoms with Crippen LogP contribution in [0.3, 0.4) is 0 Å². The average Bonchev–Trinajstić information content (AvgIpc) is 3.06. The van der Waals surface area contributed by atoms with E-state index in [2.05, 4.69) is 15.1 Å². The Hall–Kier alpha value is -2.15. The Labute approximate surface area is 134 Å². The van der Waals surface area contributed by atoms with E-state index in [9.17, 15) is 4.79 Å². The van der Waals surface area contributed by atoms with Crippen LogP contribution >= 0.6 is 0 Å². The van der Waals surface area contributed by atoms with E-state index in [1.165, 1.54) is 0 Å². The van der Waals surface area contributed by atoms with Crippen molar-refractivity contribution in [1.29, 1.82) is 0 Å². The van der Waals surface area contributed by atoms with Crippen LogP contribution in [0.1, 0.15) is 12.8 Å². The van der Waals surface area contributed by atoms with Crippen molar-refractivity contribution < 1.29 is 9.53 Å². The maximum Gasteiger partial charge on any atom is 0.231 e. The second-order valence-electron chi connectivity index (χ2n) is 6.15. The molecule has 2 aliphatic heterocycles. The van der Waals surface area contributed by atoms with Gasteiger partial charge in [0.15, 0.2) is 5.65 Å². The molecule has 122 valence electrons. The Morgan fingerprint density at radius 3 is 2.91 bits per heavy atom. The van der Waals surface area contributed by atoms with Crippen molar-refractivity contribution in [1.82, 2.24) is 19.5 Å². The normalized spacial score (nSPS) is 22.5. The Morgan fingerprint density at radius 2 is 2.04 bits per heavy atom. The van der Waals surface area contributed by atoms with Crippen molar-refractivity contribution in [3.8, 4) is 0 Å². The first-order chi connectivity index (χ1) is 11.3. The molecule has 0 N–H and O–H groups in total. The number of piperidine rings is 1. The number of aromatic nitrogens is 3. The number of fused-ring (bicyclic) bond motifs is 1. The molecule has 2 fully saturated rings. The molecule has 7 nitrogen and oxygen atoms in total. The van der Waals surface area contributed by atoms with Crippen molar-refractivity contribution in [2.24, 2.45) is 5.92 Å². The third-order valence-electron chi connectivity index (χ3n) is 4.67. The lowest BCUT2D eigenvalue weighted by Crippen LogP contribution is -2.48. The quantitative estimate of drug-likeness (QED) is 0.820. The van der Waals surface area contributed by atoms with Crippen LogP contribution in [0.4, 0.5) is 5.95 Å². The molecule has 1 amide bonds. The standard InChI is InChI=1S/C16H21N5O2/c22-15(19-8-10-23-11-9-19)13-4-3-6-20(12-13)16-18-17-14-5-1-2-7-21(14)16/h1-2,5,7,13H,3-4,6,8-12H2/t13-/m1/s1. The molecule has 2 aromatic rings. The van der Waals surface area contributed by atoms with Gasteiger partial charge in [0.05, 0.1) is 19.1 Å². The zero-order chi connectivity index (χ0) is 15.6. The molecule has 0 radical (unpaired) electrons. The zero-order valence-electron chi connectivity index (χ0n) is 13.1. The number of morpholine rings is 1. The number of carbonyl (C=O) groups is 1. The number of amides is 1. The van der Waals surface area contributed by atoms with Crippen molar-refractivity contribution in [3.63, 3.8) is 0 Å². The van der Waals surface area contributed by atoms with Crippen LogP contribution in [-0.2, 0) is 9.53 Å². The number of carbonyl (C=O) groups excluding carboxylic acids is 1. The minimum atomic E-state index is 0.0397. The van der Waals surface area contributed by atoms with E-state index < -0.39 is 0 Å². The molecule has 2 aromatic heterocycles. The van der Waals surface area contributed by atoms with Crippen LogP contribution < -0.4 is 4.90 Å². The van der Waals surface area contributed by atoms with Crippen molar-refractivity contribution in [2.45, 2.75) is 12.8 Å². The summed E-state index contributed by atoms with van der Waals surface area (Å²) in [4.78, 5) is 16.9. The Bertz CT molecular complexity index is 695. The predicted molar refractivity (Wildman–Crippen MR) is 85.3 cm³/mol. The fourth-order valence-electron chi connectivity index (χ4n) is 3.45.